The molecule has 2 nitrogen and oxygen atoms in total. The predicted octanol–water partition coefficient (Wildman–Crippen LogP) is 4.14. The van der Waals surface area contributed by atoms with Crippen molar-refractivity contribution < 1.29 is 4.74 Å². The van der Waals surface area contributed by atoms with E-state index in [4.69, 9.17) is 4.74 Å². The number of hydrogen-bond acceptors (Lipinski definition) is 2. The lowest BCUT2D eigenvalue weighted by atomic mass is 10.1. The lowest BCUT2D eigenvalue weighted by Crippen LogP contribution is -2.18. The molecule has 1 atom stereocenters. The van der Waals surface area contributed by atoms with E-state index >= 15 is 0 Å². The molecular formula is C15H33NO. The highest BCUT2D eigenvalue weighted by Gasteiger charge is 2.01. The Labute approximate surface area is 109 Å². The van der Waals surface area contributed by atoms with Crippen LogP contribution >= 0.6 is 0 Å². The van der Waals surface area contributed by atoms with Gasteiger partial charge in [-0.1, -0.05) is 39.5 Å². The minimum atomic E-state index is 0.435. The number of unbranched alkanes of at least 4 members (excludes halogenated alkanes) is 4. The molecule has 104 valence electrons. The van der Waals surface area contributed by atoms with Gasteiger partial charge in [0.25, 0.3) is 0 Å². The fraction of sp³-hybridized carbons (Fsp3) is 1.00. The van der Waals surface area contributed by atoms with Crippen molar-refractivity contribution in [3.63, 3.8) is 0 Å². The lowest BCUT2D eigenvalue weighted by molar-refractivity contribution is 0.0562. The summed E-state index contributed by atoms with van der Waals surface area (Å²) in [6, 6.07) is 0. The van der Waals surface area contributed by atoms with Crippen LogP contribution < -0.4 is 5.32 Å². The van der Waals surface area contributed by atoms with E-state index in [1.165, 1.54) is 51.4 Å². The second-order valence-electron chi connectivity index (χ2n) is 4.99. The SMILES string of the molecule is CCCCCCCOC(C)CCCNCCC. The monoisotopic (exact) mass is 243 g/mol. The summed E-state index contributed by atoms with van der Waals surface area (Å²) in [4.78, 5) is 0. The maximum Gasteiger partial charge on any atom is 0.0547 e. The smallest absolute Gasteiger partial charge is 0.0547 e. The zero-order valence-corrected chi connectivity index (χ0v) is 12.3. The van der Waals surface area contributed by atoms with Gasteiger partial charge in [-0.2, -0.15) is 0 Å². The highest BCUT2D eigenvalue weighted by atomic mass is 16.5. The van der Waals surface area contributed by atoms with E-state index in [0.717, 1.165) is 19.7 Å². The van der Waals surface area contributed by atoms with Gasteiger partial charge in [0.05, 0.1) is 6.10 Å². The zero-order chi connectivity index (χ0) is 12.8. The maximum atomic E-state index is 5.80. The van der Waals surface area contributed by atoms with E-state index in [1.54, 1.807) is 0 Å². The van der Waals surface area contributed by atoms with Crippen molar-refractivity contribution in [3.05, 3.63) is 0 Å². The van der Waals surface area contributed by atoms with E-state index in [1.807, 2.05) is 0 Å². The molecule has 0 aliphatic heterocycles. The molecule has 0 heterocycles. The number of ether oxygens (including phenoxy) is 1. The fourth-order valence-corrected chi connectivity index (χ4v) is 1.89. The van der Waals surface area contributed by atoms with E-state index in [9.17, 15) is 0 Å². The van der Waals surface area contributed by atoms with Crippen LogP contribution in [0.15, 0.2) is 0 Å². The van der Waals surface area contributed by atoms with Crippen molar-refractivity contribution in [2.24, 2.45) is 0 Å². The second-order valence-corrected chi connectivity index (χ2v) is 4.99. The molecule has 0 aliphatic rings. The van der Waals surface area contributed by atoms with Gasteiger partial charge in [-0.25, -0.2) is 0 Å². The van der Waals surface area contributed by atoms with Crippen LogP contribution in [0.4, 0.5) is 0 Å². The zero-order valence-electron chi connectivity index (χ0n) is 12.3. The number of nitrogens with one attached hydrogen (secondary N) is 1. The Morgan fingerprint density at radius 2 is 1.65 bits per heavy atom. The van der Waals surface area contributed by atoms with Crippen LogP contribution in [-0.4, -0.2) is 25.8 Å². The number of rotatable bonds is 13. The average Bonchev–Trinajstić information content (AvgIpc) is 2.33. The van der Waals surface area contributed by atoms with Crippen LogP contribution in [0.2, 0.25) is 0 Å². The first-order valence-corrected chi connectivity index (χ1v) is 7.63. The first-order valence-electron chi connectivity index (χ1n) is 7.63. The standard InChI is InChI=1S/C15H33NO/c1-4-6-7-8-9-14-17-15(3)11-10-13-16-12-5-2/h15-16H,4-14H2,1-3H3. The van der Waals surface area contributed by atoms with Crippen molar-refractivity contribution in [1.29, 1.82) is 0 Å². The van der Waals surface area contributed by atoms with Gasteiger partial charge in [-0.05, 0) is 45.7 Å². The van der Waals surface area contributed by atoms with Gasteiger partial charge in [0.15, 0.2) is 0 Å². The van der Waals surface area contributed by atoms with Crippen molar-refractivity contribution in [1.82, 2.24) is 5.32 Å². The molecule has 0 radical (unpaired) electrons. The minimum absolute atomic E-state index is 0.435. The second kappa shape index (κ2) is 14.0. The third-order valence-electron chi connectivity index (χ3n) is 3.04. The topological polar surface area (TPSA) is 21.3 Å². The Morgan fingerprint density at radius 1 is 0.882 bits per heavy atom. The normalized spacial score (nSPS) is 12.9. The molecule has 2 heteroatoms. The maximum absolute atomic E-state index is 5.80. The molecule has 0 aromatic rings. The minimum Gasteiger partial charge on any atom is -0.379 e. The molecule has 0 bridgehead atoms. The number of hydrogen-bond donors (Lipinski definition) is 1. The average molecular weight is 243 g/mol. The van der Waals surface area contributed by atoms with Gasteiger partial charge in [0, 0.05) is 6.61 Å². The Balaban J connectivity index is 3.09. The van der Waals surface area contributed by atoms with Gasteiger partial charge < -0.3 is 10.1 Å². The molecule has 0 saturated carbocycles. The fourth-order valence-electron chi connectivity index (χ4n) is 1.89. The van der Waals surface area contributed by atoms with E-state index < -0.39 is 0 Å². The van der Waals surface area contributed by atoms with Gasteiger partial charge in [0.2, 0.25) is 0 Å². The quantitative estimate of drug-likeness (QED) is 0.491. The Kier molecular flexibility index (Phi) is 13.9. The molecule has 0 rings (SSSR count). The summed E-state index contributed by atoms with van der Waals surface area (Å²) in [5.41, 5.74) is 0. The summed E-state index contributed by atoms with van der Waals surface area (Å²) < 4.78 is 5.80. The predicted molar refractivity (Wildman–Crippen MR) is 76.6 cm³/mol. The summed E-state index contributed by atoms with van der Waals surface area (Å²) in [7, 11) is 0. The third kappa shape index (κ3) is 13.9. The van der Waals surface area contributed by atoms with Gasteiger partial charge in [-0.3, -0.25) is 0 Å². The third-order valence-corrected chi connectivity index (χ3v) is 3.04. The Hall–Kier alpha value is -0.0800. The molecule has 0 aromatic heterocycles. The summed E-state index contributed by atoms with van der Waals surface area (Å²) in [6.45, 7) is 9.90. The first-order chi connectivity index (χ1) is 8.31. The van der Waals surface area contributed by atoms with Crippen molar-refractivity contribution in [3.8, 4) is 0 Å². The summed E-state index contributed by atoms with van der Waals surface area (Å²) in [6.07, 6.45) is 10.7. The molecule has 0 spiro atoms. The summed E-state index contributed by atoms with van der Waals surface area (Å²) >= 11 is 0. The van der Waals surface area contributed by atoms with Crippen molar-refractivity contribution in [2.75, 3.05) is 19.7 Å². The summed E-state index contributed by atoms with van der Waals surface area (Å²) in [5.74, 6) is 0. The molecule has 0 aliphatic carbocycles. The van der Waals surface area contributed by atoms with Gasteiger partial charge >= 0.3 is 0 Å². The molecule has 0 amide bonds. The van der Waals surface area contributed by atoms with E-state index in [-0.39, 0.29) is 0 Å². The van der Waals surface area contributed by atoms with Crippen LogP contribution in [0.25, 0.3) is 0 Å². The van der Waals surface area contributed by atoms with Crippen LogP contribution in [-0.2, 0) is 4.74 Å². The molecule has 1 N–H and O–H groups in total. The highest BCUT2D eigenvalue weighted by Crippen LogP contribution is 2.05. The van der Waals surface area contributed by atoms with E-state index in [0.29, 0.717) is 6.10 Å². The lowest BCUT2D eigenvalue weighted by Gasteiger charge is -2.13. The van der Waals surface area contributed by atoms with Crippen molar-refractivity contribution >= 4 is 0 Å². The Morgan fingerprint density at radius 3 is 2.35 bits per heavy atom. The van der Waals surface area contributed by atoms with Gasteiger partial charge in [-0.15, -0.1) is 0 Å². The van der Waals surface area contributed by atoms with Crippen molar-refractivity contribution in [2.45, 2.75) is 78.2 Å². The van der Waals surface area contributed by atoms with Crippen LogP contribution in [0.3, 0.4) is 0 Å². The Bertz CT molecular complexity index is 139. The van der Waals surface area contributed by atoms with E-state index in [2.05, 4.69) is 26.1 Å². The first kappa shape index (κ1) is 16.9. The largest absolute Gasteiger partial charge is 0.379 e. The van der Waals surface area contributed by atoms with Crippen LogP contribution in [0.1, 0.15) is 72.1 Å². The molecule has 0 fully saturated rings. The van der Waals surface area contributed by atoms with Gasteiger partial charge in [0.1, 0.15) is 0 Å². The molecule has 0 saturated heterocycles. The highest BCUT2D eigenvalue weighted by molar-refractivity contribution is 4.54. The van der Waals surface area contributed by atoms with Crippen LogP contribution in [0.5, 0.6) is 0 Å². The molecular weight excluding hydrogens is 210 g/mol. The molecule has 1 unspecified atom stereocenters. The molecule has 0 aromatic carbocycles. The molecule has 17 heavy (non-hydrogen) atoms. The summed E-state index contributed by atoms with van der Waals surface area (Å²) in [5, 5.41) is 3.43. The van der Waals surface area contributed by atoms with Crippen LogP contribution in [0, 0.1) is 0 Å².